The maximum atomic E-state index is 13.1. The quantitative estimate of drug-likeness (QED) is 0.419. The first kappa shape index (κ1) is 25.6. The summed E-state index contributed by atoms with van der Waals surface area (Å²) in [6.07, 6.45) is -2.87. The van der Waals surface area contributed by atoms with Crippen LogP contribution < -0.4 is 16.0 Å². The van der Waals surface area contributed by atoms with Gasteiger partial charge in [0, 0.05) is 12.5 Å². The summed E-state index contributed by atoms with van der Waals surface area (Å²) in [6, 6.07) is 4.23. The van der Waals surface area contributed by atoms with Crippen LogP contribution in [0.25, 0.3) is 11.1 Å². The van der Waals surface area contributed by atoms with Gasteiger partial charge in [-0.2, -0.15) is 0 Å². The van der Waals surface area contributed by atoms with E-state index in [4.69, 9.17) is 4.42 Å². The van der Waals surface area contributed by atoms with Crippen LogP contribution in [0.1, 0.15) is 42.8 Å². The number of hydrogen-bond acceptors (Lipinski definition) is 7. The van der Waals surface area contributed by atoms with E-state index in [1.165, 1.54) is 0 Å². The number of benzene rings is 1. The van der Waals surface area contributed by atoms with Gasteiger partial charge in [-0.3, -0.25) is 23.9 Å². The molecule has 1 aliphatic carbocycles. The van der Waals surface area contributed by atoms with Gasteiger partial charge in [0.05, 0.1) is 6.04 Å². The van der Waals surface area contributed by atoms with Crippen molar-refractivity contribution in [1.29, 1.82) is 0 Å². The number of aromatic nitrogens is 1. The number of alkyl halides is 3. The maximum absolute atomic E-state index is 13.1. The average molecular weight is 510 g/mol. The van der Waals surface area contributed by atoms with Crippen LogP contribution in [-0.4, -0.2) is 60.1 Å². The average Bonchev–Trinajstić information content (AvgIpc) is 3.38. The van der Waals surface area contributed by atoms with E-state index in [1.807, 2.05) is 0 Å². The second-order valence-corrected chi connectivity index (χ2v) is 8.97. The third kappa shape index (κ3) is 6.80. The van der Waals surface area contributed by atoms with Gasteiger partial charge in [-0.1, -0.05) is 25.0 Å². The number of amides is 3. The number of nitrogens with zero attached hydrogens (tertiary/aromatic N) is 1. The minimum atomic E-state index is -5.03. The number of oxazole rings is 1. The number of hydrogen-bond donors (Lipinski definition) is 3. The summed E-state index contributed by atoms with van der Waals surface area (Å²) in [7, 11) is 0. The standard InChI is InChI=1S/C23H25F3N4O6/c24-23(25,26)35-11-17(31)15(10-13-7-8-27-19(13)32)28-20(33)16(9-12-5-6-12)29-21(34)22-30-14-3-1-2-4-18(14)36-22/h1-4,12-13,15-16H,5-11H2,(H,27,32)(H,28,33)(H,29,34)/t13-,15-,16-/m0/s1. The Hall–Kier alpha value is -3.48. The van der Waals surface area contributed by atoms with E-state index in [2.05, 4.69) is 25.7 Å². The minimum Gasteiger partial charge on any atom is -0.432 e. The van der Waals surface area contributed by atoms with Gasteiger partial charge in [0.25, 0.3) is 5.89 Å². The Morgan fingerprint density at radius 1 is 1.11 bits per heavy atom. The number of Topliss-reactive ketones (excluding diaryl/α,β-unsaturated/α-hetero) is 1. The molecular weight excluding hydrogens is 485 g/mol. The van der Waals surface area contributed by atoms with Crippen LogP contribution in [0.5, 0.6) is 0 Å². The van der Waals surface area contributed by atoms with Crippen molar-refractivity contribution in [1.82, 2.24) is 20.9 Å². The fraction of sp³-hybridized carbons (Fsp3) is 0.522. The number of rotatable bonds is 11. The molecule has 0 spiro atoms. The molecule has 3 atom stereocenters. The molecule has 10 nitrogen and oxygen atoms in total. The summed E-state index contributed by atoms with van der Waals surface area (Å²) < 4.78 is 46.5. The van der Waals surface area contributed by atoms with Gasteiger partial charge in [-0.25, -0.2) is 4.98 Å². The summed E-state index contributed by atoms with van der Waals surface area (Å²) in [4.78, 5) is 54.5. The molecule has 1 saturated heterocycles. The summed E-state index contributed by atoms with van der Waals surface area (Å²) in [5, 5.41) is 7.58. The van der Waals surface area contributed by atoms with Crippen molar-refractivity contribution >= 4 is 34.6 Å². The highest BCUT2D eigenvalue weighted by atomic mass is 19.4. The van der Waals surface area contributed by atoms with E-state index in [9.17, 15) is 32.3 Å². The van der Waals surface area contributed by atoms with Crippen LogP contribution in [0, 0.1) is 11.8 Å². The molecule has 0 bridgehead atoms. The van der Waals surface area contributed by atoms with Gasteiger partial charge < -0.3 is 20.4 Å². The number of nitrogens with one attached hydrogen (secondary N) is 3. The number of fused-ring (bicyclic) bond motifs is 1. The van der Waals surface area contributed by atoms with E-state index in [-0.39, 0.29) is 30.6 Å². The molecule has 36 heavy (non-hydrogen) atoms. The van der Waals surface area contributed by atoms with Crippen molar-refractivity contribution in [3.63, 3.8) is 0 Å². The van der Waals surface area contributed by atoms with E-state index < -0.39 is 48.6 Å². The normalized spacial score (nSPS) is 19.5. The molecular formula is C23H25F3N4O6. The number of para-hydroxylation sites is 2. The van der Waals surface area contributed by atoms with Crippen LogP contribution in [0.4, 0.5) is 13.2 Å². The lowest BCUT2D eigenvalue weighted by Gasteiger charge is -2.24. The molecule has 3 N–H and O–H groups in total. The van der Waals surface area contributed by atoms with Crippen LogP contribution in [0.15, 0.2) is 28.7 Å². The highest BCUT2D eigenvalue weighted by molar-refractivity contribution is 5.97. The summed E-state index contributed by atoms with van der Waals surface area (Å²) in [5.74, 6) is -3.61. The van der Waals surface area contributed by atoms with E-state index in [0.717, 1.165) is 12.8 Å². The number of ketones is 1. The van der Waals surface area contributed by atoms with Crippen molar-refractivity contribution < 1.29 is 41.5 Å². The molecule has 0 unspecified atom stereocenters. The Morgan fingerprint density at radius 2 is 1.86 bits per heavy atom. The molecule has 1 aliphatic heterocycles. The SMILES string of the molecule is O=C(N[C@@H](CC1CC1)C(=O)N[C@@H](C[C@@H]1CCNC1=O)C(=O)COC(F)(F)F)c1nc2ccccc2o1. The Morgan fingerprint density at radius 3 is 2.50 bits per heavy atom. The Labute approximate surface area is 203 Å². The van der Waals surface area contributed by atoms with Crippen LogP contribution >= 0.6 is 0 Å². The smallest absolute Gasteiger partial charge is 0.432 e. The highest BCUT2D eigenvalue weighted by Gasteiger charge is 2.37. The number of ether oxygens (including phenoxy) is 1. The Balaban J connectivity index is 1.46. The second kappa shape index (κ2) is 10.6. The molecule has 13 heteroatoms. The monoisotopic (exact) mass is 510 g/mol. The van der Waals surface area contributed by atoms with E-state index >= 15 is 0 Å². The molecule has 1 aromatic heterocycles. The van der Waals surface area contributed by atoms with Gasteiger partial charge in [-0.15, -0.1) is 13.2 Å². The Bertz CT molecular complexity index is 1110. The lowest BCUT2D eigenvalue weighted by atomic mass is 9.95. The molecule has 2 aliphatic rings. The maximum Gasteiger partial charge on any atom is 0.522 e. The second-order valence-electron chi connectivity index (χ2n) is 8.97. The predicted octanol–water partition coefficient (Wildman–Crippen LogP) is 1.84. The van der Waals surface area contributed by atoms with Crippen molar-refractivity contribution in [3.05, 3.63) is 30.2 Å². The minimum absolute atomic E-state index is 0.174. The van der Waals surface area contributed by atoms with Gasteiger partial charge in [0.2, 0.25) is 11.8 Å². The molecule has 194 valence electrons. The van der Waals surface area contributed by atoms with Crippen LogP contribution in [0.3, 0.4) is 0 Å². The lowest BCUT2D eigenvalue weighted by Crippen LogP contribution is -2.53. The van der Waals surface area contributed by atoms with E-state index in [1.54, 1.807) is 24.3 Å². The van der Waals surface area contributed by atoms with Crippen molar-refractivity contribution in [2.75, 3.05) is 13.2 Å². The molecule has 0 radical (unpaired) electrons. The van der Waals surface area contributed by atoms with Gasteiger partial charge in [0.1, 0.15) is 18.2 Å². The molecule has 2 aromatic rings. The topological polar surface area (TPSA) is 140 Å². The Kier molecular flexibility index (Phi) is 7.57. The zero-order chi connectivity index (χ0) is 25.9. The zero-order valence-electron chi connectivity index (χ0n) is 19.1. The van der Waals surface area contributed by atoms with Crippen molar-refractivity contribution in [3.8, 4) is 0 Å². The molecule has 2 fully saturated rings. The lowest BCUT2D eigenvalue weighted by molar-refractivity contribution is -0.321. The van der Waals surface area contributed by atoms with E-state index in [0.29, 0.717) is 24.1 Å². The largest absolute Gasteiger partial charge is 0.522 e. The predicted molar refractivity (Wildman–Crippen MR) is 117 cm³/mol. The summed E-state index contributed by atoms with van der Waals surface area (Å²) in [6.45, 7) is -0.951. The third-order valence-electron chi connectivity index (χ3n) is 6.14. The summed E-state index contributed by atoms with van der Waals surface area (Å²) in [5.41, 5.74) is 0.840. The fourth-order valence-corrected chi connectivity index (χ4v) is 4.06. The van der Waals surface area contributed by atoms with Gasteiger partial charge in [-0.05, 0) is 37.3 Å². The molecule has 1 saturated carbocycles. The third-order valence-corrected chi connectivity index (χ3v) is 6.14. The number of carbonyl (C=O) groups is 4. The van der Waals surface area contributed by atoms with Gasteiger partial charge in [0.15, 0.2) is 11.4 Å². The first-order valence-electron chi connectivity index (χ1n) is 11.6. The highest BCUT2D eigenvalue weighted by Crippen LogP contribution is 2.33. The zero-order valence-corrected chi connectivity index (χ0v) is 19.1. The van der Waals surface area contributed by atoms with Gasteiger partial charge >= 0.3 is 12.3 Å². The molecule has 4 rings (SSSR count). The van der Waals surface area contributed by atoms with Crippen LogP contribution in [-0.2, 0) is 19.1 Å². The van der Waals surface area contributed by atoms with Crippen molar-refractivity contribution in [2.24, 2.45) is 11.8 Å². The van der Waals surface area contributed by atoms with Crippen LogP contribution in [0.2, 0.25) is 0 Å². The first-order valence-corrected chi connectivity index (χ1v) is 11.6. The summed E-state index contributed by atoms with van der Waals surface area (Å²) >= 11 is 0. The number of carbonyl (C=O) groups excluding carboxylic acids is 4. The first-order chi connectivity index (χ1) is 17.1. The fourth-order valence-electron chi connectivity index (χ4n) is 4.06. The molecule has 1 aromatic carbocycles. The molecule has 2 heterocycles. The number of halogens is 3. The molecule has 3 amide bonds. The van der Waals surface area contributed by atoms with Crippen molar-refractivity contribution in [2.45, 2.75) is 50.6 Å².